The molecule has 0 unspecified atom stereocenters. The Hall–Kier alpha value is -2.15. The van der Waals surface area contributed by atoms with E-state index in [0.29, 0.717) is 18.0 Å². The molecule has 0 bridgehead atoms. The van der Waals surface area contributed by atoms with Crippen LogP contribution in [0.25, 0.3) is 11.2 Å². The molecule has 3 rings (SSSR count). The number of nitrogens with one attached hydrogen (secondary N) is 2. The van der Waals surface area contributed by atoms with Crippen LogP contribution in [-0.2, 0) is 13.6 Å². The normalized spacial score (nSPS) is 11.2. The predicted molar refractivity (Wildman–Crippen MR) is 76.7 cm³/mol. The molecular formula is C12H14ClN7. The standard InChI is InChI=1S/C12H14ClN7/c1-6-8(7(2)20(3)19-6)4-14-10-9-11(16-5-15-9)18-12(13)17-10/h5H,4H2,1-3H3,(H2,14,15,16,17,18). The lowest BCUT2D eigenvalue weighted by Crippen LogP contribution is -2.05. The highest BCUT2D eigenvalue weighted by Gasteiger charge is 2.12. The minimum absolute atomic E-state index is 0.173. The molecule has 0 aliphatic rings. The van der Waals surface area contributed by atoms with Gasteiger partial charge in [0.25, 0.3) is 0 Å². The van der Waals surface area contributed by atoms with Crippen LogP contribution >= 0.6 is 11.6 Å². The van der Waals surface area contributed by atoms with Gasteiger partial charge in [0.15, 0.2) is 11.5 Å². The van der Waals surface area contributed by atoms with E-state index >= 15 is 0 Å². The van der Waals surface area contributed by atoms with Gasteiger partial charge in [0.2, 0.25) is 5.28 Å². The summed E-state index contributed by atoms with van der Waals surface area (Å²) in [6.07, 6.45) is 1.57. The van der Waals surface area contributed by atoms with E-state index in [4.69, 9.17) is 11.6 Å². The van der Waals surface area contributed by atoms with Crippen molar-refractivity contribution in [1.29, 1.82) is 0 Å². The van der Waals surface area contributed by atoms with Crippen LogP contribution in [0.1, 0.15) is 17.0 Å². The Labute approximate surface area is 120 Å². The molecule has 0 amide bonds. The van der Waals surface area contributed by atoms with Crippen molar-refractivity contribution in [3.05, 3.63) is 28.6 Å². The molecule has 0 atom stereocenters. The zero-order chi connectivity index (χ0) is 14.3. The van der Waals surface area contributed by atoms with Crippen molar-refractivity contribution >= 4 is 28.6 Å². The number of rotatable bonds is 3. The first-order valence-electron chi connectivity index (χ1n) is 6.16. The molecule has 0 aliphatic heterocycles. The van der Waals surface area contributed by atoms with Gasteiger partial charge in [-0.3, -0.25) is 4.68 Å². The van der Waals surface area contributed by atoms with Gasteiger partial charge in [-0.1, -0.05) is 0 Å². The highest BCUT2D eigenvalue weighted by molar-refractivity contribution is 6.28. The molecule has 0 fully saturated rings. The summed E-state index contributed by atoms with van der Waals surface area (Å²) in [6, 6.07) is 0. The summed E-state index contributed by atoms with van der Waals surface area (Å²) in [6.45, 7) is 4.64. The number of hydrogen-bond donors (Lipinski definition) is 2. The van der Waals surface area contributed by atoms with Crippen LogP contribution in [0.5, 0.6) is 0 Å². The topological polar surface area (TPSA) is 84.3 Å². The van der Waals surface area contributed by atoms with Gasteiger partial charge in [0.1, 0.15) is 5.52 Å². The summed E-state index contributed by atoms with van der Waals surface area (Å²) in [5.41, 5.74) is 4.56. The third-order valence-electron chi connectivity index (χ3n) is 3.35. The van der Waals surface area contributed by atoms with Crippen LogP contribution in [0.2, 0.25) is 5.28 Å². The fourth-order valence-corrected chi connectivity index (χ4v) is 2.34. The Bertz CT molecular complexity index is 774. The van der Waals surface area contributed by atoms with Gasteiger partial charge in [-0.2, -0.15) is 15.1 Å². The lowest BCUT2D eigenvalue weighted by molar-refractivity contribution is 0.730. The maximum Gasteiger partial charge on any atom is 0.226 e. The van der Waals surface area contributed by atoms with Crippen LogP contribution in [0, 0.1) is 13.8 Å². The van der Waals surface area contributed by atoms with Gasteiger partial charge in [-0.25, -0.2) is 4.98 Å². The van der Waals surface area contributed by atoms with E-state index in [1.54, 1.807) is 6.33 Å². The first-order valence-corrected chi connectivity index (χ1v) is 6.53. The molecular weight excluding hydrogens is 278 g/mol. The molecule has 0 saturated heterocycles. The molecule has 0 aromatic carbocycles. The Balaban J connectivity index is 1.92. The number of H-pyrrole nitrogens is 1. The third-order valence-corrected chi connectivity index (χ3v) is 3.52. The predicted octanol–water partition coefficient (Wildman–Crippen LogP) is 1.97. The second-order valence-corrected chi connectivity index (χ2v) is 4.91. The highest BCUT2D eigenvalue weighted by atomic mass is 35.5. The molecule has 0 saturated carbocycles. The molecule has 3 aromatic rings. The van der Waals surface area contributed by atoms with Crippen LogP contribution in [0.4, 0.5) is 5.82 Å². The number of aromatic nitrogens is 6. The Morgan fingerprint density at radius 3 is 2.85 bits per heavy atom. The van der Waals surface area contributed by atoms with Crippen LogP contribution in [0.3, 0.4) is 0 Å². The molecule has 104 valence electrons. The molecule has 7 nitrogen and oxygen atoms in total. The zero-order valence-corrected chi connectivity index (χ0v) is 12.2. The first-order chi connectivity index (χ1) is 9.56. The number of fused-ring (bicyclic) bond motifs is 1. The number of aromatic amines is 1. The van der Waals surface area contributed by atoms with Crippen molar-refractivity contribution in [3.8, 4) is 0 Å². The molecule has 20 heavy (non-hydrogen) atoms. The molecule has 3 heterocycles. The van der Waals surface area contributed by atoms with Gasteiger partial charge in [-0.05, 0) is 25.4 Å². The number of imidazole rings is 1. The second kappa shape index (κ2) is 4.75. The quantitative estimate of drug-likeness (QED) is 0.721. The second-order valence-electron chi connectivity index (χ2n) is 4.57. The maximum absolute atomic E-state index is 5.90. The molecule has 8 heteroatoms. The van der Waals surface area contributed by atoms with Gasteiger partial charge < -0.3 is 10.3 Å². The smallest absolute Gasteiger partial charge is 0.226 e. The summed E-state index contributed by atoms with van der Waals surface area (Å²) in [5, 5.41) is 7.83. The van der Waals surface area contributed by atoms with E-state index in [1.807, 2.05) is 25.6 Å². The Morgan fingerprint density at radius 1 is 1.35 bits per heavy atom. The summed E-state index contributed by atoms with van der Waals surface area (Å²) in [7, 11) is 1.93. The molecule has 0 radical (unpaired) electrons. The highest BCUT2D eigenvalue weighted by Crippen LogP contribution is 2.20. The molecule has 0 aliphatic carbocycles. The van der Waals surface area contributed by atoms with E-state index in [1.165, 1.54) is 0 Å². The number of aryl methyl sites for hydroxylation is 2. The van der Waals surface area contributed by atoms with Crippen molar-refractivity contribution in [1.82, 2.24) is 29.7 Å². The van der Waals surface area contributed by atoms with E-state index in [0.717, 1.165) is 22.5 Å². The third kappa shape index (κ3) is 2.09. The average molecular weight is 292 g/mol. The molecule has 0 spiro atoms. The van der Waals surface area contributed by atoms with Gasteiger partial charge in [-0.15, -0.1) is 0 Å². The minimum atomic E-state index is 0.173. The monoisotopic (exact) mass is 291 g/mol. The number of halogens is 1. The van der Waals surface area contributed by atoms with Crippen molar-refractivity contribution in [2.75, 3.05) is 5.32 Å². The van der Waals surface area contributed by atoms with Crippen molar-refractivity contribution in [3.63, 3.8) is 0 Å². The van der Waals surface area contributed by atoms with Gasteiger partial charge in [0, 0.05) is 24.8 Å². The van der Waals surface area contributed by atoms with Crippen molar-refractivity contribution in [2.45, 2.75) is 20.4 Å². The summed E-state index contributed by atoms with van der Waals surface area (Å²) >= 11 is 5.90. The van der Waals surface area contributed by atoms with Crippen molar-refractivity contribution in [2.24, 2.45) is 7.05 Å². The average Bonchev–Trinajstić information content (AvgIpc) is 2.94. The number of nitrogens with zero attached hydrogens (tertiary/aromatic N) is 5. The molecule has 2 N–H and O–H groups in total. The lowest BCUT2D eigenvalue weighted by Gasteiger charge is -2.07. The SMILES string of the molecule is Cc1nn(C)c(C)c1CNc1nc(Cl)nc2nc[nH]c12. The lowest BCUT2D eigenvalue weighted by atomic mass is 10.2. The fraction of sp³-hybridized carbons (Fsp3) is 0.333. The van der Waals surface area contributed by atoms with E-state index < -0.39 is 0 Å². The number of anilines is 1. The van der Waals surface area contributed by atoms with Crippen molar-refractivity contribution < 1.29 is 0 Å². The minimum Gasteiger partial charge on any atom is -0.364 e. The first kappa shape index (κ1) is 12.9. The summed E-state index contributed by atoms with van der Waals surface area (Å²) in [4.78, 5) is 15.3. The van der Waals surface area contributed by atoms with Crippen LogP contribution in [0.15, 0.2) is 6.33 Å². The maximum atomic E-state index is 5.90. The zero-order valence-electron chi connectivity index (χ0n) is 11.4. The summed E-state index contributed by atoms with van der Waals surface area (Å²) < 4.78 is 1.87. The van der Waals surface area contributed by atoms with E-state index in [9.17, 15) is 0 Å². The summed E-state index contributed by atoms with van der Waals surface area (Å²) in [5.74, 6) is 0.639. The largest absolute Gasteiger partial charge is 0.364 e. The molecule has 3 aromatic heterocycles. The van der Waals surface area contributed by atoms with Gasteiger partial charge >= 0.3 is 0 Å². The number of hydrogen-bond acceptors (Lipinski definition) is 5. The van der Waals surface area contributed by atoms with Crippen LogP contribution in [-0.4, -0.2) is 29.7 Å². The fourth-order valence-electron chi connectivity index (χ4n) is 2.18. The Kier molecular flexibility index (Phi) is 3.06. The van der Waals surface area contributed by atoms with Crippen LogP contribution < -0.4 is 5.32 Å². The Morgan fingerprint density at radius 2 is 2.15 bits per heavy atom. The van der Waals surface area contributed by atoms with E-state index in [-0.39, 0.29) is 5.28 Å². The van der Waals surface area contributed by atoms with E-state index in [2.05, 4.69) is 30.4 Å². The van der Waals surface area contributed by atoms with Gasteiger partial charge in [0.05, 0.1) is 12.0 Å².